The van der Waals surface area contributed by atoms with Gasteiger partial charge < -0.3 is 4.57 Å². The lowest BCUT2D eigenvalue weighted by atomic mass is 9.96. The Labute approximate surface area is 145 Å². The summed E-state index contributed by atoms with van der Waals surface area (Å²) in [5.41, 5.74) is 1.69. The largest absolute Gasteiger partial charge is 0.318 e. The van der Waals surface area contributed by atoms with Crippen molar-refractivity contribution in [3.63, 3.8) is 0 Å². The number of aryl methyl sites for hydroxylation is 1. The summed E-state index contributed by atoms with van der Waals surface area (Å²) in [7, 11) is 0. The Kier molecular flexibility index (Phi) is 5.45. The number of para-hydroxylation sites is 2. The van der Waals surface area contributed by atoms with Crippen LogP contribution in [-0.4, -0.2) is 9.49 Å². The number of nitro benzene ring substituents is 1. The maximum Gasteiger partial charge on any atom is 0.294 e. The summed E-state index contributed by atoms with van der Waals surface area (Å²) < 4.78 is 2.30. The van der Waals surface area contributed by atoms with Crippen LogP contribution in [0.1, 0.15) is 56.7 Å². The van der Waals surface area contributed by atoms with Gasteiger partial charge in [-0.3, -0.25) is 10.1 Å². The molecule has 0 unspecified atom stereocenters. The van der Waals surface area contributed by atoms with Gasteiger partial charge in [-0.25, -0.2) is 4.99 Å². The van der Waals surface area contributed by atoms with Crippen LogP contribution in [0.2, 0.25) is 0 Å². The molecule has 2 aromatic rings. The van der Waals surface area contributed by atoms with Gasteiger partial charge in [0.1, 0.15) is 5.69 Å². The third kappa shape index (κ3) is 3.75. The molecule has 1 aliphatic rings. The first-order valence-corrected chi connectivity index (χ1v) is 9.49. The number of thiazole rings is 1. The van der Waals surface area contributed by atoms with E-state index in [1.54, 1.807) is 29.5 Å². The van der Waals surface area contributed by atoms with Gasteiger partial charge in [0, 0.05) is 23.2 Å². The summed E-state index contributed by atoms with van der Waals surface area (Å²) in [4.78, 5) is 16.4. The molecule has 24 heavy (non-hydrogen) atoms. The van der Waals surface area contributed by atoms with E-state index >= 15 is 0 Å². The summed E-state index contributed by atoms with van der Waals surface area (Å²) in [5.74, 6) is 0. The van der Waals surface area contributed by atoms with Gasteiger partial charge in [-0.1, -0.05) is 44.2 Å². The summed E-state index contributed by atoms with van der Waals surface area (Å²) in [6.07, 6.45) is 8.78. The molecule has 1 saturated carbocycles. The molecule has 0 radical (unpaired) electrons. The molecular formula is C18H23N3O2S. The second-order valence-electron chi connectivity index (χ2n) is 6.39. The zero-order valence-electron chi connectivity index (χ0n) is 14.0. The normalized spacial score (nSPS) is 17.5. The molecule has 1 aromatic heterocycles. The average molecular weight is 345 g/mol. The van der Waals surface area contributed by atoms with Gasteiger partial charge in [0.25, 0.3) is 5.69 Å². The first kappa shape index (κ1) is 16.9. The Hall–Kier alpha value is -1.95. The first-order chi connectivity index (χ1) is 11.7. The number of nitro groups is 1. The molecule has 0 bridgehead atoms. The van der Waals surface area contributed by atoms with E-state index in [1.807, 2.05) is 0 Å². The molecule has 3 rings (SSSR count). The van der Waals surface area contributed by atoms with Crippen molar-refractivity contribution >= 4 is 22.7 Å². The Morgan fingerprint density at radius 1 is 1.17 bits per heavy atom. The summed E-state index contributed by atoms with van der Waals surface area (Å²) in [6.45, 7) is 2.10. The van der Waals surface area contributed by atoms with Crippen molar-refractivity contribution in [1.82, 2.24) is 4.57 Å². The summed E-state index contributed by atoms with van der Waals surface area (Å²) in [5, 5.41) is 13.3. The Balaban J connectivity index is 2.02. The molecule has 1 fully saturated rings. The highest BCUT2D eigenvalue weighted by Crippen LogP contribution is 2.29. The predicted octanol–water partition coefficient (Wildman–Crippen LogP) is 5.28. The van der Waals surface area contributed by atoms with Gasteiger partial charge in [-0.2, -0.15) is 0 Å². The van der Waals surface area contributed by atoms with E-state index < -0.39 is 0 Å². The zero-order valence-corrected chi connectivity index (χ0v) is 14.8. The average Bonchev–Trinajstić information content (AvgIpc) is 2.88. The Morgan fingerprint density at radius 3 is 2.54 bits per heavy atom. The first-order valence-electron chi connectivity index (χ1n) is 8.61. The number of hydrogen-bond donors (Lipinski definition) is 0. The fourth-order valence-corrected chi connectivity index (χ4v) is 4.38. The molecule has 0 atom stereocenters. The van der Waals surface area contributed by atoms with Crippen LogP contribution in [0.4, 0.5) is 11.4 Å². The second kappa shape index (κ2) is 7.75. The number of nitrogens with zero attached hydrogens (tertiary/aromatic N) is 3. The molecular weight excluding hydrogens is 322 g/mol. The Morgan fingerprint density at radius 2 is 1.83 bits per heavy atom. The van der Waals surface area contributed by atoms with E-state index in [0.29, 0.717) is 11.7 Å². The number of aromatic nitrogens is 1. The topological polar surface area (TPSA) is 60.4 Å². The molecule has 5 nitrogen and oxygen atoms in total. The molecule has 1 aliphatic carbocycles. The van der Waals surface area contributed by atoms with E-state index in [1.165, 1.54) is 56.7 Å². The minimum absolute atomic E-state index is 0.0627. The molecule has 0 aliphatic heterocycles. The van der Waals surface area contributed by atoms with E-state index in [9.17, 15) is 10.1 Å². The third-order valence-corrected chi connectivity index (χ3v) is 5.61. The van der Waals surface area contributed by atoms with E-state index in [-0.39, 0.29) is 10.6 Å². The van der Waals surface area contributed by atoms with Crippen molar-refractivity contribution < 1.29 is 4.92 Å². The van der Waals surface area contributed by atoms with Crippen molar-refractivity contribution in [2.24, 2.45) is 4.99 Å². The van der Waals surface area contributed by atoms with E-state index in [2.05, 4.69) is 21.9 Å². The highest BCUT2D eigenvalue weighted by Gasteiger charge is 2.17. The lowest BCUT2D eigenvalue weighted by Gasteiger charge is -2.22. The van der Waals surface area contributed by atoms with Crippen molar-refractivity contribution in [3.05, 3.63) is 50.3 Å². The van der Waals surface area contributed by atoms with Crippen LogP contribution in [-0.2, 0) is 0 Å². The van der Waals surface area contributed by atoms with Crippen LogP contribution < -0.4 is 4.80 Å². The van der Waals surface area contributed by atoms with Crippen molar-refractivity contribution in [3.8, 4) is 0 Å². The standard InChI is InChI=1S/C18H23N3O2S/c1-14-13-24-18(19-16-11-7-8-12-17(16)21(22)23)20(14)15-9-5-3-2-4-6-10-15/h7-8,11-13,15H,2-6,9-10H2,1H3. The maximum absolute atomic E-state index is 11.2. The van der Waals surface area contributed by atoms with Gasteiger partial charge in [-0.05, 0) is 25.8 Å². The van der Waals surface area contributed by atoms with Crippen LogP contribution in [0.3, 0.4) is 0 Å². The molecule has 0 amide bonds. The molecule has 1 heterocycles. The van der Waals surface area contributed by atoms with Gasteiger partial charge in [0.2, 0.25) is 0 Å². The van der Waals surface area contributed by atoms with Crippen LogP contribution in [0, 0.1) is 17.0 Å². The van der Waals surface area contributed by atoms with Gasteiger partial charge >= 0.3 is 0 Å². The van der Waals surface area contributed by atoms with Gasteiger partial charge in [0.05, 0.1) is 4.92 Å². The molecule has 6 heteroatoms. The Bertz CT molecular complexity index is 771. The van der Waals surface area contributed by atoms with E-state index in [4.69, 9.17) is 0 Å². The lowest BCUT2D eigenvalue weighted by Crippen LogP contribution is -2.23. The smallest absolute Gasteiger partial charge is 0.294 e. The van der Waals surface area contributed by atoms with Crippen LogP contribution in [0.5, 0.6) is 0 Å². The van der Waals surface area contributed by atoms with Crippen molar-refractivity contribution in [1.29, 1.82) is 0 Å². The number of rotatable bonds is 3. The molecule has 0 saturated heterocycles. The highest BCUT2D eigenvalue weighted by atomic mass is 32.1. The summed E-state index contributed by atoms with van der Waals surface area (Å²) in [6, 6.07) is 7.17. The monoisotopic (exact) mass is 345 g/mol. The number of benzene rings is 1. The zero-order chi connectivity index (χ0) is 16.9. The molecule has 1 aromatic carbocycles. The minimum atomic E-state index is -0.362. The minimum Gasteiger partial charge on any atom is -0.318 e. The molecule has 0 spiro atoms. The van der Waals surface area contributed by atoms with Gasteiger partial charge in [-0.15, -0.1) is 11.3 Å². The van der Waals surface area contributed by atoms with Crippen molar-refractivity contribution in [2.45, 2.75) is 57.9 Å². The van der Waals surface area contributed by atoms with Crippen LogP contribution in [0.15, 0.2) is 34.6 Å². The quantitative estimate of drug-likeness (QED) is 0.561. The summed E-state index contributed by atoms with van der Waals surface area (Å²) >= 11 is 1.57. The van der Waals surface area contributed by atoms with E-state index in [0.717, 1.165) is 4.80 Å². The SMILES string of the molecule is Cc1csc(=Nc2ccccc2[N+](=O)[O-])n1C1CCCCCCC1. The predicted molar refractivity (Wildman–Crippen MR) is 96.7 cm³/mol. The fourth-order valence-electron chi connectivity index (χ4n) is 3.44. The fraction of sp³-hybridized carbons (Fsp3) is 0.500. The molecule has 0 N–H and O–H groups in total. The van der Waals surface area contributed by atoms with Gasteiger partial charge in [0.15, 0.2) is 4.80 Å². The highest BCUT2D eigenvalue weighted by molar-refractivity contribution is 7.07. The third-order valence-electron chi connectivity index (χ3n) is 4.66. The van der Waals surface area contributed by atoms with Crippen LogP contribution >= 0.6 is 11.3 Å². The second-order valence-corrected chi connectivity index (χ2v) is 7.22. The van der Waals surface area contributed by atoms with Crippen LogP contribution in [0.25, 0.3) is 0 Å². The lowest BCUT2D eigenvalue weighted by molar-refractivity contribution is -0.384. The maximum atomic E-state index is 11.2. The van der Waals surface area contributed by atoms with Crippen molar-refractivity contribution in [2.75, 3.05) is 0 Å². The molecule has 128 valence electrons. The number of hydrogen-bond acceptors (Lipinski definition) is 4.